The van der Waals surface area contributed by atoms with Gasteiger partial charge in [0.2, 0.25) is 17.6 Å². The van der Waals surface area contributed by atoms with E-state index in [1.165, 1.54) is 5.56 Å². The number of aryl methyl sites for hydroxylation is 1. The Kier molecular flexibility index (Phi) is 3.94. The molecule has 1 heterocycles. The van der Waals surface area contributed by atoms with E-state index in [0.29, 0.717) is 24.7 Å². The molecule has 0 saturated heterocycles. The van der Waals surface area contributed by atoms with Crippen LogP contribution in [0.25, 0.3) is 11.4 Å². The Morgan fingerprint density at radius 3 is 2.63 bits per heavy atom. The fourth-order valence-corrected chi connectivity index (χ4v) is 1.70. The van der Waals surface area contributed by atoms with Crippen LogP contribution in [0.1, 0.15) is 24.8 Å². The molecule has 100 valence electrons. The molecule has 0 aliphatic carbocycles. The largest absolute Gasteiger partial charge is 0.337 e. The van der Waals surface area contributed by atoms with Crippen molar-refractivity contribution >= 4 is 5.91 Å². The van der Waals surface area contributed by atoms with E-state index in [2.05, 4.69) is 10.1 Å². The molecule has 0 unspecified atom stereocenters. The maximum absolute atomic E-state index is 11.5. The molecule has 5 nitrogen and oxygen atoms in total. The molecule has 1 aromatic carbocycles. The van der Waals surface area contributed by atoms with Crippen molar-refractivity contribution < 1.29 is 9.32 Å². The van der Waals surface area contributed by atoms with Gasteiger partial charge in [-0.15, -0.1) is 0 Å². The van der Waals surface area contributed by atoms with Gasteiger partial charge < -0.3 is 9.42 Å². The zero-order valence-electron chi connectivity index (χ0n) is 11.4. The van der Waals surface area contributed by atoms with E-state index in [1.807, 2.05) is 38.1 Å². The van der Waals surface area contributed by atoms with Crippen LogP contribution in [0.4, 0.5) is 0 Å². The highest BCUT2D eigenvalue weighted by atomic mass is 16.5. The van der Waals surface area contributed by atoms with Gasteiger partial charge in [0.1, 0.15) is 0 Å². The molecule has 5 heteroatoms. The third-order valence-electron chi connectivity index (χ3n) is 2.88. The normalized spacial score (nSPS) is 10.5. The molecule has 19 heavy (non-hydrogen) atoms. The smallest absolute Gasteiger partial charge is 0.246 e. The number of aromatic nitrogens is 2. The van der Waals surface area contributed by atoms with Crippen LogP contribution in [0.15, 0.2) is 28.8 Å². The molecule has 0 atom stereocenters. The number of carbonyl (C=O) groups is 1. The summed E-state index contributed by atoms with van der Waals surface area (Å²) in [6.07, 6.45) is 0.468. The number of benzene rings is 1. The van der Waals surface area contributed by atoms with Gasteiger partial charge in [-0.05, 0) is 6.92 Å². The van der Waals surface area contributed by atoms with Crippen molar-refractivity contribution in [3.05, 3.63) is 35.7 Å². The Morgan fingerprint density at radius 1 is 1.32 bits per heavy atom. The molecule has 0 radical (unpaired) electrons. The third kappa shape index (κ3) is 3.19. The lowest BCUT2D eigenvalue weighted by atomic mass is 10.1. The fourth-order valence-electron chi connectivity index (χ4n) is 1.70. The van der Waals surface area contributed by atoms with Gasteiger partial charge in [0.15, 0.2) is 0 Å². The molecule has 2 rings (SSSR count). The van der Waals surface area contributed by atoms with Gasteiger partial charge in [-0.1, -0.05) is 41.9 Å². The van der Waals surface area contributed by atoms with Gasteiger partial charge in [-0.25, -0.2) is 0 Å². The van der Waals surface area contributed by atoms with Gasteiger partial charge in [0.05, 0.1) is 6.54 Å². The van der Waals surface area contributed by atoms with Crippen LogP contribution in [0.3, 0.4) is 0 Å². The summed E-state index contributed by atoms with van der Waals surface area (Å²) < 4.78 is 5.16. The molecule has 0 bridgehead atoms. The zero-order chi connectivity index (χ0) is 13.8. The lowest BCUT2D eigenvalue weighted by Gasteiger charge is -2.12. The Bertz CT molecular complexity index is 560. The second kappa shape index (κ2) is 5.65. The summed E-state index contributed by atoms with van der Waals surface area (Å²) in [5, 5.41) is 3.93. The number of hydrogen-bond donors (Lipinski definition) is 0. The standard InChI is InChI=1S/C14H17N3O2/c1-4-13(18)17(3)9-12-15-14(16-19-12)11-7-5-10(2)6-8-11/h5-8H,4,9H2,1-3H3. The molecular weight excluding hydrogens is 242 g/mol. The number of hydrogen-bond acceptors (Lipinski definition) is 4. The number of nitrogens with zero attached hydrogens (tertiary/aromatic N) is 3. The molecule has 0 spiro atoms. The summed E-state index contributed by atoms with van der Waals surface area (Å²) in [5.41, 5.74) is 2.09. The van der Waals surface area contributed by atoms with Crippen molar-refractivity contribution in [3.8, 4) is 11.4 Å². The van der Waals surface area contributed by atoms with Gasteiger partial charge in [-0.3, -0.25) is 4.79 Å². The molecule has 0 N–H and O–H groups in total. The van der Waals surface area contributed by atoms with Crippen molar-refractivity contribution in [2.45, 2.75) is 26.8 Å². The maximum Gasteiger partial charge on any atom is 0.246 e. The lowest BCUT2D eigenvalue weighted by Crippen LogP contribution is -2.25. The van der Waals surface area contributed by atoms with E-state index in [4.69, 9.17) is 4.52 Å². The van der Waals surface area contributed by atoms with Crippen LogP contribution >= 0.6 is 0 Å². The SMILES string of the molecule is CCC(=O)N(C)Cc1nc(-c2ccc(C)cc2)no1. The number of rotatable bonds is 4. The number of amides is 1. The summed E-state index contributed by atoms with van der Waals surface area (Å²) in [7, 11) is 1.72. The predicted octanol–water partition coefficient (Wildman–Crippen LogP) is 2.41. The first-order chi connectivity index (χ1) is 9.10. The molecule has 0 fully saturated rings. The minimum atomic E-state index is 0.0510. The van der Waals surface area contributed by atoms with E-state index in [1.54, 1.807) is 11.9 Å². The van der Waals surface area contributed by atoms with Crippen LogP contribution in [-0.4, -0.2) is 28.0 Å². The van der Waals surface area contributed by atoms with E-state index < -0.39 is 0 Å². The molecule has 0 aliphatic rings. The average Bonchev–Trinajstić information content (AvgIpc) is 2.87. The Hall–Kier alpha value is -2.17. The highest BCUT2D eigenvalue weighted by Crippen LogP contribution is 2.16. The monoisotopic (exact) mass is 259 g/mol. The highest BCUT2D eigenvalue weighted by molar-refractivity contribution is 5.75. The molecular formula is C14H17N3O2. The summed E-state index contributed by atoms with van der Waals surface area (Å²) in [5.74, 6) is 1.04. The van der Waals surface area contributed by atoms with Crippen LogP contribution in [-0.2, 0) is 11.3 Å². The van der Waals surface area contributed by atoms with Gasteiger partial charge >= 0.3 is 0 Å². The summed E-state index contributed by atoms with van der Waals surface area (Å²) in [4.78, 5) is 17.3. The second-order valence-corrected chi connectivity index (χ2v) is 4.48. The zero-order valence-corrected chi connectivity index (χ0v) is 11.4. The Balaban J connectivity index is 2.11. The maximum atomic E-state index is 11.5. The minimum absolute atomic E-state index is 0.0510. The van der Waals surface area contributed by atoms with Crippen molar-refractivity contribution in [2.24, 2.45) is 0 Å². The van der Waals surface area contributed by atoms with Crippen molar-refractivity contribution in [1.82, 2.24) is 15.0 Å². The molecule has 1 amide bonds. The van der Waals surface area contributed by atoms with Crippen LogP contribution < -0.4 is 0 Å². The van der Waals surface area contributed by atoms with Crippen LogP contribution in [0.2, 0.25) is 0 Å². The molecule has 2 aromatic rings. The lowest BCUT2D eigenvalue weighted by molar-refractivity contribution is -0.130. The fraction of sp³-hybridized carbons (Fsp3) is 0.357. The van der Waals surface area contributed by atoms with E-state index in [-0.39, 0.29) is 5.91 Å². The van der Waals surface area contributed by atoms with Gasteiger partial charge in [-0.2, -0.15) is 4.98 Å². The average molecular weight is 259 g/mol. The molecule has 0 aliphatic heterocycles. The third-order valence-corrected chi connectivity index (χ3v) is 2.88. The summed E-state index contributed by atoms with van der Waals surface area (Å²) in [6.45, 7) is 4.19. The van der Waals surface area contributed by atoms with Crippen LogP contribution in [0, 0.1) is 6.92 Å². The highest BCUT2D eigenvalue weighted by Gasteiger charge is 2.13. The van der Waals surface area contributed by atoms with Gasteiger partial charge in [0.25, 0.3) is 0 Å². The minimum Gasteiger partial charge on any atom is -0.337 e. The van der Waals surface area contributed by atoms with Crippen molar-refractivity contribution in [3.63, 3.8) is 0 Å². The molecule has 1 aromatic heterocycles. The first kappa shape index (κ1) is 13.3. The first-order valence-electron chi connectivity index (χ1n) is 6.23. The van der Waals surface area contributed by atoms with E-state index in [9.17, 15) is 4.79 Å². The summed E-state index contributed by atoms with van der Waals surface area (Å²) >= 11 is 0. The first-order valence-corrected chi connectivity index (χ1v) is 6.23. The second-order valence-electron chi connectivity index (χ2n) is 4.48. The molecule has 0 saturated carbocycles. The van der Waals surface area contributed by atoms with E-state index in [0.717, 1.165) is 5.56 Å². The van der Waals surface area contributed by atoms with Crippen molar-refractivity contribution in [2.75, 3.05) is 7.05 Å². The topological polar surface area (TPSA) is 59.2 Å². The Labute approximate surface area is 112 Å². The summed E-state index contributed by atoms with van der Waals surface area (Å²) in [6, 6.07) is 7.89. The van der Waals surface area contributed by atoms with Crippen molar-refractivity contribution in [1.29, 1.82) is 0 Å². The van der Waals surface area contributed by atoms with Gasteiger partial charge in [0, 0.05) is 19.0 Å². The van der Waals surface area contributed by atoms with E-state index >= 15 is 0 Å². The van der Waals surface area contributed by atoms with Crippen LogP contribution in [0.5, 0.6) is 0 Å². The Morgan fingerprint density at radius 2 is 2.00 bits per heavy atom. The quantitative estimate of drug-likeness (QED) is 0.846. The predicted molar refractivity (Wildman–Crippen MR) is 71.2 cm³/mol. The number of carbonyl (C=O) groups excluding carboxylic acids is 1.